The highest BCUT2D eigenvalue weighted by Crippen LogP contribution is 2.26. The first-order valence-corrected chi connectivity index (χ1v) is 9.38. The molecule has 0 spiro atoms. The molecule has 0 saturated carbocycles. The smallest absolute Gasteiger partial charge is 0.249 e. The Labute approximate surface area is 171 Å². The van der Waals surface area contributed by atoms with Gasteiger partial charge in [-0.25, -0.2) is 8.78 Å². The van der Waals surface area contributed by atoms with Crippen LogP contribution in [0.5, 0.6) is 0 Å². The molecule has 3 aromatic rings. The van der Waals surface area contributed by atoms with Crippen molar-refractivity contribution in [2.24, 2.45) is 0 Å². The van der Waals surface area contributed by atoms with Crippen LogP contribution in [0.1, 0.15) is 19.2 Å². The van der Waals surface area contributed by atoms with E-state index < -0.39 is 17.5 Å². The van der Waals surface area contributed by atoms with Gasteiger partial charge in [0.05, 0.1) is 29.4 Å². The lowest BCUT2D eigenvalue weighted by Crippen LogP contribution is -2.33. The Bertz CT molecular complexity index is 996. The second-order valence-electron chi connectivity index (χ2n) is 6.36. The zero-order valence-corrected chi connectivity index (χ0v) is 16.4. The Morgan fingerprint density at radius 3 is 2.76 bits per heavy atom. The normalized spacial score (nSPS) is 11.1. The Kier molecular flexibility index (Phi) is 6.90. The first kappa shape index (κ1) is 20.9. The lowest BCUT2D eigenvalue weighted by Gasteiger charge is -2.19. The quantitative estimate of drug-likeness (QED) is 0.580. The monoisotopic (exact) mass is 420 g/mol. The Morgan fingerprint density at radius 1 is 1.21 bits per heavy atom. The summed E-state index contributed by atoms with van der Waals surface area (Å²) in [6.45, 7) is 2.71. The Balaban J connectivity index is 1.66. The maximum Gasteiger partial charge on any atom is 0.249 e. The minimum atomic E-state index is -0.705. The molecule has 0 radical (unpaired) electrons. The van der Waals surface area contributed by atoms with Crippen molar-refractivity contribution in [1.82, 2.24) is 15.1 Å². The van der Waals surface area contributed by atoms with E-state index in [-0.39, 0.29) is 24.7 Å². The number of hydrogen-bond acceptors (Lipinski definition) is 5. The Morgan fingerprint density at radius 2 is 2.00 bits per heavy atom. The molecule has 2 aromatic carbocycles. The number of nitrogens with zero attached hydrogens (tertiary/aromatic N) is 3. The molecule has 152 valence electrons. The average molecular weight is 421 g/mol. The van der Waals surface area contributed by atoms with E-state index in [0.29, 0.717) is 23.0 Å². The summed E-state index contributed by atoms with van der Waals surface area (Å²) >= 11 is 6.14. The van der Waals surface area contributed by atoms with Crippen LogP contribution >= 0.6 is 11.6 Å². The van der Waals surface area contributed by atoms with E-state index in [1.807, 2.05) is 13.0 Å². The van der Waals surface area contributed by atoms with E-state index >= 15 is 0 Å². The van der Waals surface area contributed by atoms with E-state index in [4.69, 9.17) is 16.0 Å². The van der Waals surface area contributed by atoms with Gasteiger partial charge in [-0.15, -0.1) is 10.2 Å². The molecule has 0 saturated heterocycles. The number of aromatic nitrogens is 2. The van der Waals surface area contributed by atoms with Crippen molar-refractivity contribution in [3.8, 4) is 11.5 Å². The van der Waals surface area contributed by atoms with Crippen LogP contribution in [0, 0.1) is 11.6 Å². The van der Waals surface area contributed by atoms with Gasteiger partial charge in [0.2, 0.25) is 17.7 Å². The predicted octanol–water partition coefficient (Wildman–Crippen LogP) is 4.52. The summed E-state index contributed by atoms with van der Waals surface area (Å²) in [6.07, 6.45) is 0.771. The molecule has 0 atom stereocenters. The zero-order valence-electron chi connectivity index (χ0n) is 15.7. The van der Waals surface area contributed by atoms with Gasteiger partial charge in [0.25, 0.3) is 0 Å². The number of amides is 1. The highest BCUT2D eigenvalue weighted by Gasteiger charge is 2.17. The molecule has 1 aromatic heterocycles. The maximum absolute atomic E-state index is 13.7. The third kappa shape index (κ3) is 5.58. The summed E-state index contributed by atoms with van der Waals surface area (Å²) in [4.78, 5) is 14.1. The van der Waals surface area contributed by atoms with Crippen LogP contribution in [-0.2, 0) is 11.3 Å². The van der Waals surface area contributed by atoms with Crippen molar-refractivity contribution in [3.63, 3.8) is 0 Å². The van der Waals surface area contributed by atoms with Crippen molar-refractivity contribution < 1.29 is 18.0 Å². The molecule has 0 aliphatic rings. The minimum absolute atomic E-state index is 0.0480. The number of carbonyl (C=O) groups excluding carboxylic acids is 1. The molecular formula is C20H19ClF2N4O2. The van der Waals surface area contributed by atoms with Gasteiger partial charge in [-0.2, -0.15) is 0 Å². The maximum atomic E-state index is 13.7. The molecule has 0 unspecified atom stereocenters. The first-order valence-electron chi connectivity index (χ1n) is 9.00. The summed E-state index contributed by atoms with van der Waals surface area (Å²) in [5.74, 6) is -1.21. The van der Waals surface area contributed by atoms with Gasteiger partial charge in [-0.3, -0.25) is 9.69 Å². The van der Waals surface area contributed by atoms with Gasteiger partial charge in [0.15, 0.2) is 0 Å². The largest absolute Gasteiger partial charge is 0.419 e. The molecule has 1 amide bonds. The molecule has 6 nitrogen and oxygen atoms in total. The molecule has 1 N–H and O–H groups in total. The second kappa shape index (κ2) is 9.58. The number of carbonyl (C=O) groups is 1. The fourth-order valence-corrected chi connectivity index (χ4v) is 2.99. The first-order chi connectivity index (χ1) is 14.0. The van der Waals surface area contributed by atoms with Gasteiger partial charge in [-0.05, 0) is 37.2 Å². The average Bonchev–Trinajstić information content (AvgIpc) is 3.13. The predicted molar refractivity (Wildman–Crippen MR) is 105 cm³/mol. The van der Waals surface area contributed by atoms with E-state index in [1.54, 1.807) is 23.1 Å². The summed E-state index contributed by atoms with van der Waals surface area (Å²) in [5.41, 5.74) is 0.416. The highest BCUT2D eigenvalue weighted by molar-refractivity contribution is 6.33. The van der Waals surface area contributed by atoms with Crippen LogP contribution in [-0.4, -0.2) is 34.1 Å². The van der Waals surface area contributed by atoms with E-state index in [2.05, 4.69) is 15.5 Å². The summed E-state index contributed by atoms with van der Waals surface area (Å²) in [7, 11) is 0. The Hall–Kier alpha value is -2.84. The van der Waals surface area contributed by atoms with Gasteiger partial charge in [0.1, 0.15) is 11.6 Å². The van der Waals surface area contributed by atoms with Crippen molar-refractivity contribution in [1.29, 1.82) is 0 Å². The number of halogens is 3. The van der Waals surface area contributed by atoms with Crippen molar-refractivity contribution in [3.05, 3.63) is 65.0 Å². The fraction of sp³-hybridized carbons (Fsp3) is 0.250. The highest BCUT2D eigenvalue weighted by atomic mass is 35.5. The van der Waals surface area contributed by atoms with E-state index in [1.165, 1.54) is 0 Å². The molecule has 1 heterocycles. The lowest BCUT2D eigenvalue weighted by atomic mass is 10.2. The van der Waals surface area contributed by atoms with Crippen LogP contribution in [0.15, 0.2) is 46.9 Å². The summed E-state index contributed by atoms with van der Waals surface area (Å²) in [5, 5.41) is 10.9. The SMILES string of the molecule is CCCN(CC(=O)Nc1cc(F)ccc1F)Cc1nnc(-c2ccccc2Cl)o1. The topological polar surface area (TPSA) is 71.3 Å². The van der Waals surface area contributed by atoms with Gasteiger partial charge >= 0.3 is 0 Å². The van der Waals surface area contributed by atoms with Crippen LogP contribution in [0.4, 0.5) is 14.5 Å². The molecule has 0 bridgehead atoms. The van der Waals surface area contributed by atoms with Crippen molar-refractivity contribution >= 4 is 23.2 Å². The molecule has 29 heavy (non-hydrogen) atoms. The number of hydrogen-bond donors (Lipinski definition) is 1. The zero-order chi connectivity index (χ0) is 20.8. The van der Waals surface area contributed by atoms with Crippen LogP contribution in [0.2, 0.25) is 5.02 Å². The van der Waals surface area contributed by atoms with Gasteiger partial charge in [0, 0.05) is 6.07 Å². The van der Waals surface area contributed by atoms with E-state index in [0.717, 1.165) is 24.6 Å². The molecule has 0 aliphatic carbocycles. The molecule has 9 heteroatoms. The lowest BCUT2D eigenvalue weighted by molar-refractivity contribution is -0.117. The number of benzene rings is 2. The van der Waals surface area contributed by atoms with Gasteiger partial charge in [-0.1, -0.05) is 30.7 Å². The molecular weight excluding hydrogens is 402 g/mol. The van der Waals surface area contributed by atoms with Crippen LogP contribution in [0.3, 0.4) is 0 Å². The van der Waals surface area contributed by atoms with Crippen LogP contribution < -0.4 is 5.32 Å². The third-order valence-corrected chi connectivity index (χ3v) is 4.37. The molecule has 0 aliphatic heterocycles. The molecule has 0 fully saturated rings. The number of rotatable bonds is 8. The fourth-order valence-electron chi connectivity index (χ4n) is 2.77. The van der Waals surface area contributed by atoms with Crippen molar-refractivity contribution in [2.45, 2.75) is 19.9 Å². The molecule has 3 rings (SSSR count). The summed E-state index contributed by atoms with van der Waals surface area (Å²) in [6, 6.07) is 9.98. The standard InChI is InChI=1S/C20H19ClF2N4O2/c1-2-9-27(11-18(28)24-17-10-13(22)7-8-16(17)23)12-19-25-26-20(29-19)14-5-3-4-6-15(14)21/h3-8,10H,2,9,11-12H2,1H3,(H,24,28). The summed E-state index contributed by atoms with van der Waals surface area (Å²) < 4.78 is 32.7. The number of anilines is 1. The van der Waals surface area contributed by atoms with E-state index in [9.17, 15) is 13.6 Å². The third-order valence-electron chi connectivity index (χ3n) is 4.04. The second-order valence-corrected chi connectivity index (χ2v) is 6.77. The number of nitrogens with one attached hydrogen (secondary N) is 1. The van der Waals surface area contributed by atoms with Gasteiger partial charge < -0.3 is 9.73 Å². The van der Waals surface area contributed by atoms with Crippen molar-refractivity contribution in [2.75, 3.05) is 18.4 Å². The minimum Gasteiger partial charge on any atom is -0.419 e. The van der Waals surface area contributed by atoms with Crippen LogP contribution in [0.25, 0.3) is 11.5 Å².